The molecule has 0 aromatic heterocycles. The maximum atomic E-state index is 10.8. The summed E-state index contributed by atoms with van der Waals surface area (Å²) >= 11 is 0. The molecule has 1 rings (SSSR count). The molecule has 0 radical (unpaired) electrons. The number of hydrogen-bond donors (Lipinski definition) is 1. The van der Waals surface area contributed by atoms with Gasteiger partial charge in [-0.25, -0.2) is 0 Å². The Morgan fingerprint density at radius 2 is 1.70 bits per heavy atom. The van der Waals surface area contributed by atoms with Crippen LogP contribution < -0.4 is 0 Å². The molecule has 1 aromatic rings. The van der Waals surface area contributed by atoms with Gasteiger partial charge in [0, 0.05) is 12.1 Å². The summed E-state index contributed by atoms with van der Waals surface area (Å²) in [4.78, 5) is 2.50. The minimum Gasteiger partial charge on any atom is -0.387 e. The van der Waals surface area contributed by atoms with E-state index in [1.807, 2.05) is 30.3 Å². The first-order chi connectivity index (χ1) is 9.65. The van der Waals surface area contributed by atoms with Crippen molar-refractivity contribution >= 4 is 0 Å². The Balaban J connectivity index is 2.88. The average Bonchev–Trinajstić information content (AvgIpc) is 2.51. The Hall–Kier alpha value is -0.860. The highest BCUT2D eigenvalue weighted by Crippen LogP contribution is 2.26. The van der Waals surface area contributed by atoms with E-state index in [1.165, 1.54) is 12.8 Å². The highest BCUT2D eigenvalue weighted by atomic mass is 16.3. The first kappa shape index (κ1) is 17.2. The summed E-state index contributed by atoms with van der Waals surface area (Å²) in [6, 6.07) is 10.8. The predicted octanol–water partition coefficient (Wildman–Crippen LogP) is 4.40. The van der Waals surface area contributed by atoms with Gasteiger partial charge in [-0.05, 0) is 38.3 Å². The lowest BCUT2D eigenvalue weighted by molar-refractivity contribution is 0.0223. The first-order valence-electron chi connectivity index (χ1n) is 8.14. The fraction of sp³-hybridized carbons (Fsp3) is 0.667. The largest absolute Gasteiger partial charge is 0.387 e. The van der Waals surface area contributed by atoms with Gasteiger partial charge in [-0.3, -0.25) is 4.90 Å². The molecule has 0 fully saturated rings. The lowest BCUT2D eigenvalue weighted by atomic mass is 9.96. The number of aliphatic hydroxyl groups is 1. The molecule has 20 heavy (non-hydrogen) atoms. The number of rotatable bonds is 9. The zero-order valence-corrected chi connectivity index (χ0v) is 13.5. The summed E-state index contributed by atoms with van der Waals surface area (Å²) in [6.07, 6.45) is 4.10. The van der Waals surface area contributed by atoms with E-state index in [1.54, 1.807) is 0 Å². The molecule has 0 heterocycles. The van der Waals surface area contributed by atoms with Crippen LogP contribution in [0.3, 0.4) is 0 Å². The summed E-state index contributed by atoms with van der Waals surface area (Å²) in [6.45, 7) is 9.98. The number of unbranched alkanes of at least 4 members (excludes halogenated alkanes) is 1. The van der Waals surface area contributed by atoms with E-state index in [9.17, 15) is 5.11 Å². The van der Waals surface area contributed by atoms with Crippen LogP contribution in [0.1, 0.15) is 65.0 Å². The molecule has 0 bridgehead atoms. The smallest absolute Gasteiger partial charge is 0.0945 e. The standard InChI is InChI=1S/C18H31NO/c1-5-8-14-19(15(4)6-2)17(7-3)18(20)16-12-10-9-11-13-16/h9-13,15,17-18,20H,5-8,14H2,1-4H3. The quantitative estimate of drug-likeness (QED) is 0.723. The molecule has 3 atom stereocenters. The van der Waals surface area contributed by atoms with Gasteiger partial charge in [-0.1, -0.05) is 57.5 Å². The number of hydrogen-bond acceptors (Lipinski definition) is 2. The molecular weight excluding hydrogens is 246 g/mol. The van der Waals surface area contributed by atoms with E-state index in [0.29, 0.717) is 6.04 Å². The van der Waals surface area contributed by atoms with Crippen LogP contribution in [0.2, 0.25) is 0 Å². The highest BCUT2D eigenvalue weighted by Gasteiger charge is 2.27. The van der Waals surface area contributed by atoms with Crippen molar-refractivity contribution < 1.29 is 5.11 Å². The molecule has 114 valence electrons. The Bertz CT molecular complexity index is 352. The lowest BCUT2D eigenvalue weighted by Crippen LogP contribution is -2.45. The van der Waals surface area contributed by atoms with Crippen molar-refractivity contribution in [1.82, 2.24) is 4.90 Å². The zero-order chi connectivity index (χ0) is 15.0. The molecule has 0 aliphatic heterocycles. The van der Waals surface area contributed by atoms with Crippen molar-refractivity contribution in [3.8, 4) is 0 Å². The Labute approximate surface area is 124 Å². The zero-order valence-electron chi connectivity index (χ0n) is 13.5. The Morgan fingerprint density at radius 3 is 2.20 bits per heavy atom. The summed E-state index contributed by atoms with van der Waals surface area (Å²) in [7, 11) is 0. The molecule has 0 saturated carbocycles. The minimum absolute atomic E-state index is 0.207. The van der Waals surface area contributed by atoms with E-state index >= 15 is 0 Å². The van der Waals surface area contributed by atoms with Crippen molar-refractivity contribution in [2.75, 3.05) is 6.54 Å². The maximum Gasteiger partial charge on any atom is 0.0945 e. The summed E-state index contributed by atoms with van der Waals surface area (Å²) in [5.41, 5.74) is 1.03. The van der Waals surface area contributed by atoms with Crippen molar-refractivity contribution in [2.24, 2.45) is 0 Å². The molecule has 0 aliphatic carbocycles. The molecule has 0 amide bonds. The fourth-order valence-electron chi connectivity index (χ4n) is 2.80. The van der Waals surface area contributed by atoms with Crippen LogP contribution in [0.15, 0.2) is 30.3 Å². The summed E-state index contributed by atoms with van der Waals surface area (Å²) < 4.78 is 0. The predicted molar refractivity (Wildman–Crippen MR) is 86.8 cm³/mol. The van der Waals surface area contributed by atoms with E-state index in [2.05, 4.69) is 32.6 Å². The van der Waals surface area contributed by atoms with Crippen molar-refractivity contribution in [3.63, 3.8) is 0 Å². The Morgan fingerprint density at radius 1 is 1.05 bits per heavy atom. The molecule has 1 aromatic carbocycles. The molecule has 1 N–H and O–H groups in total. The van der Waals surface area contributed by atoms with Crippen LogP contribution in [-0.4, -0.2) is 28.6 Å². The minimum atomic E-state index is -0.396. The van der Waals surface area contributed by atoms with Crippen LogP contribution >= 0.6 is 0 Å². The molecule has 3 unspecified atom stereocenters. The molecule has 2 nitrogen and oxygen atoms in total. The highest BCUT2D eigenvalue weighted by molar-refractivity contribution is 5.19. The van der Waals surface area contributed by atoms with Crippen LogP contribution in [0, 0.1) is 0 Å². The van der Waals surface area contributed by atoms with E-state index in [-0.39, 0.29) is 6.04 Å². The summed E-state index contributed by atoms with van der Waals surface area (Å²) in [5, 5.41) is 10.8. The van der Waals surface area contributed by atoms with Gasteiger partial charge in [0.2, 0.25) is 0 Å². The third-order valence-electron chi connectivity index (χ3n) is 4.28. The van der Waals surface area contributed by atoms with Crippen LogP contribution in [0.5, 0.6) is 0 Å². The van der Waals surface area contributed by atoms with Gasteiger partial charge >= 0.3 is 0 Å². The topological polar surface area (TPSA) is 23.5 Å². The van der Waals surface area contributed by atoms with E-state index in [0.717, 1.165) is 24.9 Å². The second-order valence-electron chi connectivity index (χ2n) is 5.68. The Kier molecular flexibility index (Phi) is 7.86. The molecule has 2 heteroatoms. The van der Waals surface area contributed by atoms with Crippen LogP contribution in [0.4, 0.5) is 0 Å². The normalized spacial score (nSPS) is 16.1. The third kappa shape index (κ3) is 4.60. The van der Waals surface area contributed by atoms with Crippen molar-refractivity contribution in [2.45, 2.75) is 71.6 Å². The van der Waals surface area contributed by atoms with E-state index in [4.69, 9.17) is 0 Å². The monoisotopic (exact) mass is 277 g/mol. The van der Waals surface area contributed by atoms with Gasteiger partial charge in [0.25, 0.3) is 0 Å². The van der Waals surface area contributed by atoms with Gasteiger partial charge in [-0.15, -0.1) is 0 Å². The van der Waals surface area contributed by atoms with E-state index < -0.39 is 6.10 Å². The maximum absolute atomic E-state index is 10.8. The van der Waals surface area contributed by atoms with Gasteiger partial charge < -0.3 is 5.11 Å². The van der Waals surface area contributed by atoms with Gasteiger partial charge in [0.05, 0.1) is 6.10 Å². The fourth-order valence-corrected chi connectivity index (χ4v) is 2.80. The van der Waals surface area contributed by atoms with Gasteiger partial charge in [0.1, 0.15) is 0 Å². The first-order valence-corrected chi connectivity index (χ1v) is 8.14. The van der Waals surface area contributed by atoms with Crippen molar-refractivity contribution in [3.05, 3.63) is 35.9 Å². The van der Waals surface area contributed by atoms with Crippen molar-refractivity contribution in [1.29, 1.82) is 0 Å². The number of nitrogens with zero attached hydrogens (tertiary/aromatic N) is 1. The van der Waals surface area contributed by atoms with Crippen LogP contribution in [-0.2, 0) is 0 Å². The SMILES string of the molecule is CCCCN(C(C)CC)C(CC)C(O)c1ccccc1. The van der Waals surface area contributed by atoms with Gasteiger partial charge in [-0.2, -0.15) is 0 Å². The average molecular weight is 277 g/mol. The number of aliphatic hydroxyl groups excluding tert-OH is 1. The second-order valence-corrected chi connectivity index (χ2v) is 5.68. The molecule has 0 aliphatic rings. The number of benzene rings is 1. The molecule has 0 saturated heterocycles. The van der Waals surface area contributed by atoms with Gasteiger partial charge in [0.15, 0.2) is 0 Å². The third-order valence-corrected chi connectivity index (χ3v) is 4.28. The lowest BCUT2D eigenvalue weighted by Gasteiger charge is -2.38. The second kappa shape index (κ2) is 9.15. The molecular formula is C18H31NO. The van der Waals surface area contributed by atoms with Crippen LogP contribution in [0.25, 0.3) is 0 Å². The molecule has 0 spiro atoms. The summed E-state index contributed by atoms with van der Waals surface area (Å²) in [5.74, 6) is 0.